The molecule has 0 unspecified atom stereocenters. The van der Waals surface area contributed by atoms with Crippen LogP contribution in [0, 0.1) is 5.92 Å². The van der Waals surface area contributed by atoms with Gasteiger partial charge in [0.1, 0.15) is 0 Å². The third kappa shape index (κ3) is 1.31. The van der Waals surface area contributed by atoms with Crippen LogP contribution in [0.4, 0.5) is 0 Å². The minimum atomic E-state index is -1.11. The summed E-state index contributed by atoms with van der Waals surface area (Å²) < 4.78 is 0. The minimum absolute atomic E-state index is 0.410. The molecule has 1 rings (SSSR count). The highest BCUT2D eigenvalue weighted by atomic mass is 28.3. The van der Waals surface area contributed by atoms with Crippen LogP contribution in [0.15, 0.2) is 24.3 Å². The Morgan fingerprint density at radius 1 is 1.00 bits per heavy atom. The number of allylic oxidation sites excluding steroid dienone is 4. The molecule has 0 heterocycles. The van der Waals surface area contributed by atoms with Crippen molar-refractivity contribution >= 4 is 8.07 Å². The van der Waals surface area contributed by atoms with Gasteiger partial charge in [-0.05, 0) is 5.92 Å². The van der Waals surface area contributed by atoms with Gasteiger partial charge in [0.15, 0.2) is 0 Å². The quantitative estimate of drug-likeness (QED) is 0.566. The molecule has 0 bridgehead atoms. The highest BCUT2D eigenvalue weighted by molar-refractivity contribution is 6.80. The van der Waals surface area contributed by atoms with Crippen LogP contribution in [0.2, 0.25) is 24.7 Å². The average molecular weight is 180 g/mol. The van der Waals surface area contributed by atoms with Crippen molar-refractivity contribution in [2.45, 2.75) is 38.5 Å². The standard InChI is InChI=1S/C11H20Si/c1-10(2)11(12(3,4)5)8-6-7-9-11/h6-10H,1-5H3. The van der Waals surface area contributed by atoms with Gasteiger partial charge in [-0.25, -0.2) is 0 Å². The van der Waals surface area contributed by atoms with Crippen LogP contribution in [-0.2, 0) is 0 Å². The second-order valence-corrected chi connectivity index (χ2v) is 10.4. The van der Waals surface area contributed by atoms with E-state index in [2.05, 4.69) is 57.8 Å². The first-order valence-corrected chi connectivity index (χ1v) is 8.27. The molecule has 1 heteroatoms. The predicted molar refractivity (Wildman–Crippen MR) is 59.2 cm³/mol. The molecule has 0 fully saturated rings. The molecule has 0 saturated carbocycles. The van der Waals surface area contributed by atoms with E-state index in [1.54, 1.807) is 0 Å². The van der Waals surface area contributed by atoms with Crippen molar-refractivity contribution in [2.75, 3.05) is 0 Å². The van der Waals surface area contributed by atoms with E-state index in [1.165, 1.54) is 0 Å². The highest BCUT2D eigenvalue weighted by Gasteiger charge is 2.42. The molecule has 68 valence electrons. The van der Waals surface area contributed by atoms with Crippen molar-refractivity contribution in [3.05, 3.63) is 24.3 Å². The van der Waals surface area contributed by atoms with Crippen molar-refractivity contribution in [3.8, 4) is 0 Å². The minimum Gasteiger partial charge on any atom is -0.0771 e. The second kappa shape index (κ2) is 2.88. The molecule has 12 heavy (non-hydrogen) atoms. The maximum atomic E-state index is 2.45. The molecule has 1 aliphatic carbocycles. The van der Waals surface area contributed by atoms with Crippen molar-refractivity contribution in [1.29, 1.82) is 0 Å². The van der Waals surface area contributed by atoms with Crippen LogP contribution >= 0.6 is 0 Å². The molecule has 1 aliphatic rings. The van der Waals surface area contributed by atoms with Crippen LogP contribution < -0.4 is 0 Å². The van der Waals surface area contributed by atoms with Gasteiger partial charge in [-0.2, -0.15) is 0 Å². The summed E-state index contributed by atoms with van der Waals surface area (Å²) in [5.41, 5.74) is 0. The second-order valence-electron chi connectivity index (χ2n) is 5.06. The van der Waals surface area contributed by atoms with E-state index in [4.69, 9.17) is 0 Å². The molecule has 0 aromatic carbocycles. The maximum Gasteiger partial charge on any atom is 0.0600 e. The zero-order valence-corrected chi connectivity index (χ0v) is 9.89. The van der Waals surface area contributed by atoms with Gasteiger partial charge in [0.05, 0.1) is 8.07 Å². The summed E-state index contributed by atoms with van der Waals surface area (Å²) in [6.07, 6.45) is 9.23. The summed E-state index contributed by atoms with van der Waals surface area (Å²) in [5, 5.41) is 0.410. The lowest BCUT2D eigenvalue weighted by Crippen LogP contribution is -2.39. The summed E-state index contributed by atoms with van der Waals surface area (Å²) >= 11 is 0. The van der Waals surface area contributed by atoms with Gasteiger partial charge in [0, 0.05) is 5.04 Å². The molecular formula is C11H20Si. The third-order valence-electron chi connectivity index (χ3n) is 3.11. The molecule has 0 N–H and O–H groups in total. The largest absolute Gasteiger partial charge is 0.0771 e. The Hall–Kier alpha value is -0.303. The van der Waals surface area contributed by atoms with E-state index < -0.39 is 8.07 Å². The third-order valence-corrected chi connectivity index (χ3v) is 6.62. The van der Waals surface area contributed by atoms with E-state index in [0.717, 1.165) is 5.92 Å². The fraction of sp³-hybridized carbons (Fsp3) is 0.636. The predicted octanol–water partition coefficient (Wildman–Crippen LogP) is 3.85. The molecule has 0 atom stereocenters. The van der Waals surface area contributed by atoms with Crippen molar-refractivity contribution in [3.63, 3.8) is 0 Å². The first-order valence-electron chi connectivity index (χ1n) is 4.77. The SMILES string of the molecule is CC(C)C1([Si](C)(C)C)C=CC=C1. The average Bonchev–Trinajstić information content (AvgIpc) is 2.31. The summed E-state index contributed by atoms with van der Waals surface area (Å²) in [5.74, 6) is 0.735. The van der Waals surface area contributed by atoms with Crippen LogP contribution in [0.3, 0.4) is 0 Å². The van der Waals surface area contributed by atoms with Gasteiger partial charge in [0.25, 0.3) is 0 Å². The monoisotopic (exact) mass is 180 g/mol. The van der Waals surface area contributed by atoms with Gasteiger partial charge in [-0.3, -0.25) is 0 Å². The number of hydrogen-bond acceptors (Lipinski definition) is 0. The van der Waals surface area contributed by atoms with Crippen LogP contribution in [0.5, 0.6) is 0 Å². The molecule has 0 spiro atoms. The van der Waals surface area contributed by atoms with E-state index >= 15 is 0 Å². The fourth-order valence-corrected chi connectivity index (χ4v) is 5.16. The van der Waals surface area contributed by atoms with Crippen molar-refractivity contribution in [1.82, 2.24) is 0 Å². The van der Waals surface area contributed by atoms with Gasteiger partial charge in [-0.1, -0.05) is 57.8 Å². The van der Waals surface area contributed by atoms with Gasteiger partial charge in [0.2, 0.25) is 0 Å². The Bertz CT molecular complexity index is 204. The van der Waals surface area contributed by atoms with E-state index in [1.807, 2.05) is 0 Å². The normalized spacial score (nSPS) is 20.8. The Labute approximate surface area is 77.4 Å². The molecule has 0 saturated heterocycles. The Morgan fingerprint density at radius 2 is 1.42 bits per heavy atom. The fourth-order valence-electron chi connectivity index (χ4n) is 2.24. The lowest BCUT2D eigenvalue weighted by molar-refractivity contribution is 0.554. The number of hydrogen-bond donors (Lipinski definition) is 0. The van der Waals surface area contributed by atoms with E-state index in [-0.39, 0.29) is 0 Å². The smallest absolute Gasteiger partial charge is 0.0600 e. The first kappa shape index (κ1) is 9.78. The Kier molecular flexibility index (Phi) is 2.35. The maximum absolute atomic E-state index is 2.45. The van der Waals surface area contributed by atoms with Crippen molar-refractivity contribution in [2.24, 2.45) is 5.92 Å². The van der Waals surface area contributed by atoms with E-state index in [9.17, 15) is 0 Å². The molecule has 0 aromatic rings. The topological polar surface area (TPSA) is 0 Å². The van der Waals surface area contributed by atoms with Crippen LogP contribution in [0.25, 0.3) is 0 Å². The summed E-state index contributed by atoms with van der Waals surface area (Å²) in [4.78, 5) is 0. The summed E-state index contributed by atoms with van der Waals surface area (Å²) in [6.45, 7) is 12.0. The lowest BCUT2D eigenvalue weighted by atomic mass is 9.96. The zero-order chi connectivity index (χ0) is 9.41. The Morgan fingerprint density at radius 3 is 1.58 bits per heavy atom. The lowest BCUT2D eigenvalue weighted by Gasteiger charge is -2.41. The van der Waals surface area contributed by atoms with Crippen LogP contribution in [-0.4, -0.2) is 8.07 Å². The first-order chi connectivity index (χ1) is 5.40. The van der Waals surface area contributed by atoms with Crippen LogP contribution in [0.1, 0.15) is 13.8 Å². The number of rotatable bonds is 2. The highest BCUT2D eigenvalue weighted by Crippen LogP contribution is 2.50. The van der Waals surface area contributed by atoms with Gasteiger partial charge < -0.3 is 0 Å². The summed E-state index contributed by atoms with van der Waals surface area (Å²) in [6, 6.07) is 0. The molecule has 0 radical (unpaired) electrons. The van der Waals surface area contributed by atoms with Gasteiger partial charge >= 0.3 is 0 Å². The van der Waals surface area contributed by atoms with E-state index in [0.29, 0.717) is 5.04 Å². The summed E-state index contributed by atoms with van der Waals surface area (Å²) in [7, 11) is -1.11. The van der Waals surface area contributed by atoms with Gasteiger partial charge in [-0.15, -0.1) is 0 Å². The Balaban J connectivity index is 3.05. The molecule has 0 nitrogen and oxygen atoms in total. The molecule has 0 aliphatic heterocycles. The molecule has 0 amide bonds. The van der Waals surface area contributed by atoms with Crippen molar-refractivity contribution < 1.29 is 0 Å². The molecular weight excluding hydrogens is 160 g/mol. The molecule has 0 aromatic heterocycles. The zero-order valence-electron chi connectivity index (χ0n) is 8.89.